The molecule has 0 atom stereocenters. The summed E-state index contributed by atoms with van der Waals surface area (Å²) in [5, 5.41) is 6.16. The zero-order valence-electron chi connectivity index (χ0n) is 13.1. The first-order chi connectivity index (χ1) is 11.6. The van der Waals surface area contributed by atoms with Crippen molar-refractivity contribution in [2.24, 2.45) is 0 Å². The maximum Gasteiger partial charge on any atom is 0.250 e. The van der Waals surface area contributed by atoms with E-state index in [1.165, 1.54) is 6.08 Å². The molecule has 0 unspecified atom stereocenters. The van der Waals surface area contributed by atoms with Gasteiger partial charge < -0.3 is 10.1 Å². The normalized spacial score (nSPS) is 10.4. The quantitative estimate of drug-likeness (QED) is 0.617. The summed E-state index contributed by atoms with van der Waals surface area (Å²) < 4.78 is 5.37. The highest BCUT2D eigenvalue weighted by Crippen LogP contribution is 2.20. The van der Waals surface area contributed by atoms with Gasteiger partial charge in [0.2, 0.25) is 5.91 Å². The van der Waals surface area contributed by atoms with E-state index in [1.807, 2.05) is 43.3 Å². The fourth-order valence-electron chi connectivity index (χ4n) is 1.88. The first-order valence-electron chi connectivity index (χ1n) is 7.36. The van der Waals surface area contributed by atoms with Crippen LogP contribution in [0.15, 0.2) is 54.6 Å². The van der Waals surface area contributed by atoms with Gasteiger partial charge in [-0.05, 0) is 55.0 Å². The Balaban J connectivity index is 1.88. The van der Waals surface area contributed by atoms with Crippen molar-refractivity contribution >= 4 is 46.6 Å². The van der Waals surface area contributed by atoms with E-state index in [0.717, 1.165) is 11.3 Å². The Labute approximate surface area is 151 Å². The SMILES string of the molecule is CCOc1ccc(/C=C/C(=O)NC(=S)Nc2ccccc2Cl)cc1. The molecule has 6 heteroatoms. The number of anilines is 1. The van der Waals surface area contributed by atoms with Crippen molar-refractivity contribution in [2.45, 2.75) is 6.92 Å². The number of hydrogen-bond donors (Lipinski definition) is 2. The molecule has 1 amide bonds. The summed E-state index contributed by atoms with van der Waals surface area (Å²) in [4.78, 5) is 11.9. The maximum absolute atomic E-state index is 11.9. The van der Waals surface area contributed by atoms with Gasteiger partial charge in [-0.25, -0.2) is 0 Å². The highest BCUT2D eigenvalue weighted by Gasteiger charge is 2.04. The van der Waals surface area contributed by atoms with E-state index in [4.69, 9.17) is 28.6 Å². The molecular weight excluding hydrogens is 344 g/mol. The first kappa shape index (κ1) is 18.0. The number of carbonyl (C=O) groups excluding carboxylic acids is 1. The van der Waals surface area contributed by atoms with Crippen molar-refractivity contribution < 1.29 is 9.53 Å². The molecule has 2 aromatic rings. The maximum atomic E-state index is 11.9. The van der Waals surface area contributed by atoms with Crippen molar-refractivity contribution in [1.29, 1.82) is 0 Å². The third-order valence-electron chi connectivity index (χ3n) is 2.98. The van der Waals surface area contributed by atoms with Crippen LogP contribution < -0.4 is 15.4 Å². The lowest BCUT2D eigenvalue weighted by molar-refractivity contribution is -0.115. The molecule has 0 fully saturated rings. The Bertz CT molecular complexity index is 745. The summed E-state index contributed by atoms with van der Waals surface area (Å²) in [5.41, 5.74) is 1.53. The second-order valence-electron chi connectivity index (χ2n) is 4.76. The highest BCUT2D eigenvalue weighted by atomic mass is 35.5. The summed E-state index contributed by atoms with van der Waals surface area (Å²) in [6.45, 7) is 2.55. The van der Waals surface area contributed by atoms with Crippen LogP contribution in [-0.2, 0) is 4.79 Å². The number of carbonyl (C=O) groups is 1. The average molecular weight is 361 g/mol. The van der Waals surface area contributed by atoms with Crippen molar-refractivity contribution in [3.05, 3.63) is 65.2 Å². The highest BCUT2D eigenvalue weighted by molar-refractivity contribution is 7.80. The van der Waals surface area contributed by atoms with Crippen LogP contribution >= 0.6 is 23.8 Å². The number of para-hydroxylation sites is 1. The number of nitrogens with one attached hydrogen (secondary N) is 2. The number of ether oxygens (including phenoxy) is 1. The number of amides is 1. The largest absolute Gasteiger partial charge is 0.494 e. The number of halogens is 1. The van der Waals surface area contributed by atoms with Gasteiger partial charge in [-0.2, -0.15) is 0 Å². The lowest BCUT2D eigenvalue weighted by Gasteiger charge is -2.09. The Morgan fingerprint density at radius 2 is 1.92 bits per heavy atom. The molecule has 2 rings (SSSR count). The van der Waals surface area contributed by atoms with Gasteiger partial charge in [-0.15, -0.1) is 0 Å². The van der Waals surface area contributed by atoms with E-state index in [1.54, 1.807) is 18.2 Å². The zero-order valence-corrected chi connectivity index (χ0v) is 14.7. The Morgan fingerprint density at radius 1 is 1.21 bits per heavy atom. The fourth-order valence-corrected chi connectivity index (χ4v) is 2.28. The molecule has 0 spiro atoms. The number of thiocarbonyl (C=S) groups is 1. The van der Waals surface area contributed by atoms with Crippen molar-refractivity contribution in [3.8, 4) is 5.75 Å². The predicted molar refractivity (Wildman–Crippen MR) is 102 cm³/mol. The molecule has 124 valence electrons. The van der Waals surface area contributed by atoms with Crippen LogP contribution in [0.4, 0.5) is 5.69 Å². The minimum atomic E-state index is -0.326. The Kier molecular flexibility index (Phi) is 6.78. The molecule has 0 aliphatic carbocycles. The standard InChI is InChI=1S/C18H17ClN2O2S/c1-2-23-14-10-7-13(8-11-14)9-12-17(22)21-18(24)20-16-6-4-3-5-15(16)19/h3-12H,2H2,1H3,(H2,20,21,22,24)/b12-9+. The summed E-state index contributed by atoms with van der Waals surface area (Å²) in [5.74, 6) is 0.470. The molecule has 0 saturated carbocycles. The second-order valence-corrected chi connectivity index (χ2v) is 5.57. The third-order valence-corrected chi connectivity index (χ3v) is 3.51. The molecule has 2 N–H and O–H groups in total. The molecule has 0 heterocycles. The van der Waals surface area contributed by atoms with Gasteiger partial charge in [0.15, 0.2) is 5.11 Å². The average Bonchev–Trinajstić information content (AvgIpc) is 2.56. The number of benzene rings is 2. The Hall–Kier alpha value is -2.37. The molecule has 0 bridgehead atoms. The minimum absolute atomic E-state index is 0.185. The molecule has 2 aromatic carbocycles. The lowest BCUT2D eigenvalue weighted by atomic mass is 10.2. The van der Waals surface area contributed by atoms with Crippen LogP contribution in [0, 0.1) is 0 Å². The molecule has 0 aliphatic rings. The molecule has 24 heavy (non-hydrogen) atoms. The molecule has 0 saturated heterocycles. The zero-order chi connectivity index (χ0) is 17.4. The van der Waals surface area contributed by atoms with Gasteiger partial charge in [0.25, 0.3) is 0 Å². The van der Waals surface area contributed by atoms with Crippen LogP contribution in [0.2, 0.25) is 5.02 Å². The van der Waals surface area contributed by atoms with Crippen LogP contribution in [-0.4, -0.2) is 17.6 Å². The molecule has 4 nitrogen and oxygen atoms in total. The van der Waals surface area contributed by atoms with Crippen molar-refractivity contribution in [1.82, 2.24) is 5.32 Å². The monoisotopic (exact) mass is 360 g/mol. The molecule has 0 aliphatic heterocycles. The van der Waals surface area contributed by atoms with Gasteiger partial charge in [-0.1, -0.05) is 35.9 Å². The molecular formula is C18H17ClN2O2S. The van der Waals surface area contributed by atoms with E-state index < -0.39 is 0 Å². The fraction of sp³-hybridized carbons (Fsp3) is 0.111. The van der Waals surface area contributed by atoms with E-state index in [2.05, 4.69) is 10.6 Å². The van der Waals surface area contributed by atoms with E-state index in [-0.39, 0.29) is 11.0 Å². The van der Waals surface area contributed by atoms with Crippen LogP contribution in [0.3, 0.4) is 0 Å². The van der Waals surface area contributed by atoms with Crippen molar-refractivity contribution in [3.63, 3.8) is 0 Å². The molecule has 0 radical (unpaired) electrons. The van der Waals surface area contributed by atoms with Crippen LogP contribution in [0.1, 0.15) is 12.5 Å². The van der Waals surface area contributed by atoms with Gasteiger partial charge in [-0.3, -0.25) is 10.1 Å². The predicted octanol–water partition coefficient (Wildman–Crippen LogP) is 4.27. The third kappa shape index (κ3) is 5.68. The smallest absolute Gasteiger partial charge is 0.250 e. The van der Waals surface area contributed by atoms with Crippen molar-refractivity contribution in [2.75, 3.05) is 11.9 Å². The van der Waals surface area contributed by atoms with Gasteiger partial charge in [0, 0.05) is 6.08 Å². The minimum Gasteiger partial charge on any atom is -0.494 e. The first-order valence-corrected chi connectivity index (χ1v) is 8.14. The summed E-state index contributed by atoms with van der Waals surface area (Å²) in [6.07, 6.45) is 3.11. The molecule has 0 aromatic heterocycles. The second kappa shape index (κ2) is 9.05. The van der Waals surface area contributed by atoms with Crippen LogP contribution in [0.25, 0.3) is 6.08 Å². The topological polar surface area (TPSA) is 50.4 Å². The van der Waals surface area contributed by atoms with E-state index in [9.17, 15) is 4.79 Å². The number of hydrogen-bond acceptors (Lipinski definition) is 3. The van der Waals surface area contributed by atoms with E-state index >= 15 is 0 Å². The van der Waals surface area contributed by atoms with E-state index in [0.29, 0.717) is 17.3 Å². The Morgan fingerprint density at radius 3 is 2.58 bits per heavy atom. The van der Waals surface area contributed by atoms with Gasteiger partial charge >= 0.3 is 0 Å². The summed E-state index contributed by atoms with van der Waals surface area (Å²) in [6, 6.07) is 14.6. The van der Waals surface area contributed by atoms with Gasteiger partial charge in [0.1, 0.15) is 5.75 Å². The van der Waals surface area contributed by atoms with Gasteiger partial charge in [0.05, 0.1) is 17.3 Å². The number of rotatable bonds is 5. The van der Waals surface area contributed by atoms with Crippen LogP contribution in [0.5, 0.6) is 5.75 Å². The summed E-state index contributed by atoms with van der Waals surface area (Å²) in [7, 11) is 0. The lowest BCUT2D eigenvalue weighted by Crippen LogP contribution is -2.32. The summed E-state index contributed by atoms with van der Waals surface area (Å²) >= 11 is 11.1.